The van der Waals surface area contributed by atoms with Crippen LogP contribution in [-0.4, -0.2) is 89.9 Å². The standard InChI is InChI=1S/C29H53NO5.C15H18Cl2N2O3.C15H11ClF3NO4.C13H19N3O4.C12H14N2.C11H8N2/c1-5-7-9-11-12-13-14-15-16-18-24(34-29(33)26(30-22-31)20-23(3)4)21-27-25(28(32)35-27)19-17-10-8-6-2;1-8(2)21-12-7-11(9(16)6-10(12)17)19-14(20)22-13(18-19)15(3,4)5;1-2-23-14-8-10(4-5-12(14)20(21)22)24-13-6-3-9(7-11(13)16)15(17,18)19;1-5-10(6-2)14-12-11(15(17)18)7-8(3)9(4)13(12)16(19)20;1-13-7-3-11(4-8-13)12-5-9-14(2)10-6-12;1-2-4-10-8(3-1)9-5-6-12-7-11(9)13-10/h22-27H,5-21H2,1-4H3,(H,30,31);6-8H,1-5H3;3-8H,2H2,1H3;7,10,14H,5-6H2,1-4H3;3-10H,1-2H3;1-7,13H/q;;;;+2;/t24-,25-,26-,27-;;;;;/m0...../s1. The number of benzene rings is 5. The number of aryl methyl sites for hydroxylation is 3. The molecule has 1 aliphatic rings. The van der Waals surface area contributed by atoms with Gasteiger partial charge in [0.15, 0.2) is 30.5 Å². The quantitative estimate of drug-likeness (QED) is 0.00808. The SMILES string of the molecule is CC(C)Oc1cc(-n2nc(C(C)(C)C)oc2=O)c(Cl)cc1Cl.CCC(CC)Nc1c([N+](=O)[O-])cc(C)c(C)c1[N+](=O)[O-].CCCCCCCCCCC[C@@H](C[C@@H]1OC(=O)[C@H]1CCCCCC)OC(=O)[C@H](CC(C)C)NC=O.CCOc1cc(Oc2ccc(C(F)(F)F)cc2Cl)ccc1[N+](=O)[O-].C[n+]1ccc(-c2cc[n+](C)cc2)cc1.c1ccc2c(c1)[nH]c1cnccc12. The number of amides is 1. The summed E-state index contributed by atoms with van der Waals surface area (Å²) in [6.45, 7) is 26.9. The number of carbonyl (C=O) groups is 3. The summed E-state index contributed by atoms with van der Waals surface area (Å²) in [7, 11) is 4.05. The summed E-state index contributed by atoms with van der Waals surface area (Å²) >= 11 is 18.1. The van der Waals surface area contributed by atoms with Gasteiger partial charge in [-0.05, 0) is 138 Å². The molecule has 5 aromatic heterocycles. The molecule has 11 rings (SSSR count). The summed E-state index contributed by atoms with van der Waals surface area (Å²) in [6, 6.07) is 29.0. The summed E-state index contributed by atoms with van der Waals surface area (Å²) in [6.07, 6.45) is 27.3. The Kier molecular flexibility index (Phi) is 43.1. The van der Waals surface area contributed by atoms with Crippen molar-refractivity contribution in [1.82, 2.24) is 25.1 Å². The molecule has 4 atom stereocenters. The maximum atomic E-state index is 12.9. The molecule has 33 heteroatoms. The molecule has 128 heavy (non-hydrogen) atoms. The summed E-state index contributed by atoms with van der Waals surface area (Å²) < 4.78 is 75.8. The number of para-hydroxylation sites is 1. The normalized spacial score (nSPS) is 13.3. The van der Waals surface area contributed by atoms with E-state index in [-0.39, 0.29) is 110 Å². The van der Waals surface area contributed by atoms with Gasteiger partial charge >= 0.3 is 35.2 Å². The van der Waals surface area contributed by atoms with Crippen LogP contribution < -0.4 is 39.7 Å². The van der Waals surface area contributed by atoms with Gasteiger partial charge in [0.1, 0.15) is 49.6 Å². The number of H-pyrrole nitrogens is 1. The lowest BCUT2D eigenvalue weighted by molar-refractivity contribution is -0.671. The maximum Gasteiger partial charge on any atom is 0.442 e. The van der Waals surface area contributed by atoms with Gasteiger partial charge in [-0.25, -0.2) is 18.7 Å². The Hall–Kier alpha value is -11.2. The monoisotopic (exact) mass is 1840 g/mol. The fourth-order valence-corrected chi connectivity index (χ4v) is 14.4. The molecule has 1 saturated heterocycles. The number of nitrogens with one attached hydrogen (secondary N) is 3. The highest BCUT2D eigenvalue weighted by Gasteiger charge is 2.44. The second kappa shape index (κ2) is 52.3. The Morgan fingerprint density at radius 2 is 1.27 bits per heavy atom. The first-order valence-electron chi connectivity index (χ1n) is 43.5. The molecule has 694 valence electrons. The number of rotatable bonds is 38. The number of hydrogen-bond donors (Lipinski definition) is 3. The first kappa shape index (κ1) is 106. The van der Waals surface area contributed by atoms with Crippen LogP contribution in [0, 0.1) is 56.0 Å². The van der Waals surface area contributed by atoms with E-state index in [9.17, 15) is 62.7 Å². The molecule has 0 bridgehead atoms. The van der Waals surface area contributed by atoms with Gasteiger partial charge in [0, 0.05) is 94.5 Å². The zero-order chi connectivity index (χ0) is 94.5. The Morgan fingerprint density at radius 3 is 1.80 bits per heavy atom. The number of alkyl halides is 3. The molecule has 5 aromatic carbocycles. The number of nitro benzene ring substituents is 3. The fourth-order valence-electron chi connectivity index (χ4n) is 13.7. The van der Waals surface area contributed by atoms with Gasteiger partial charge in [0.25, 0.3) is 5.69 Å². The number of ether oxygens (including phenoxy) is 5. The molecule has 0 unspecified atom stereocenters. The number of nitro groups is 3. The molecule has 1 amide bonds. The van der Waals surface area contributed by atoms with Crippen molar-refractivity contribution in [3.8, 4) is 39.8 Å². The van der Waals surface area contributed by atoms with Crippen molar-refractivity contribution in [2.75, 3.05) is 11.9 Å². The van der Waals surface area contributed by atoms with Gasteiger partial charge in [-0.15, -0.1) is 5.10 Å². The van der Waals surface area contributed by atoms with Crippen molar-refractivity contribution in [2.45, 2.75) is 261 Å². The molecular formula is C95H123Cl3F3N11O16+2. The van der Waals surface area contributed by atoms with E-state index in [2.05, 4.69) is 107 Å². The minimum absolute atomic E-state index is 0.0109. The maximum absolute atomic E-state index is 12.9. The second-order valence-corrected chi connectivity index (χ2v) is 34.2. The van der Waals surface area contributed by atoms with Crippen LogP contribution in [0.15, 0.2) is 156 Å². The molecule has 0 radical (unpaired) electrons. The summed E-state index contributed by atoms with van der Waals surface area (Å²) in [5.41, 5.74) is 4.16. The van der Waals surface area contributed by atoms with Crippen LogP contribution in [0.3, 0.4) is 0 Å². The molecular weight excluding hydrogens is 1710 g/mol. The van der Waals surface area contributed by atoms with Crippen LogP contribution >= 0.6 is 34.8 Å². The highest BCUT2D eigenvalue weighted by atomic mass is 35.5. The van der Waals surface area contributed by atoms with Gasteiger partial charge in [-0.1, -0.05) is 192 Å². The van der Waals surface area contributed by atoms with E-state index in [1.165, 1.54) is 116 Å². The lowest BCUT2D eigenvalue weighted by Crippen LogP contribution is -2.48. The number of anilines is 1. The third kappa shape index (κ3) is 33.1. The second-order valence-electron chi connectivity index (χ2n) is 32.9. The first-order chi connectivity index (χ1) is 60.8. The average Bonchev–Trinajstić information content (AvgIpc) is 0.974. The molecule has 10 aromatic rings. The molecule has 1 fully saturated rings. The molecule has 3 N–H and O–H groups in total. The van der Waals surface area contributed by atoms with Crippen LogP contribution in [0.2, 0.25) is 15.1 Å². The number of aromatic amines is 1. The van der Waals surface area contributed by atoms with E-state index < -0.39 is 38.3 Å². The van der Waals surface area contributed by atoms with E-state index in [1.54, 1.807) is 26.8 Å². The average molecular weight is 1840 g/mol. The van der Waals surface area contributed by atoms with Crippen LogP contribution in [-0.2, 0) is 49.5 Å². The van der Waals surface area contributed by atoms with Gasteiger partial charge in [0.05, 0.1) is 71.4 Å². The Balaban J connectivity index is 0.000000243. The van der Waals surface area contributed by atoms with Crippen molar-refractivity contribution in [2.24, 2.45) is 25.9 Å². The number of carbonyl (C=O) groups excluding carboxylic acids is 3. The number of aromatic nitrogens is 6. The van der Waals surface area contributed by atoms with Crippen LogP contribution in [0.5, 0.6) is 23.0 Å². The first-order valence-corrected chi connectivity index (χ1v) is 44.6. The van der Waals surface area contributed by atoms with Crippen LogP contribution in [0.25, 0.3) is 38.6 Å². The third-order valence-electron chi connectivity index (χ3n) is 20.9. The summed E-state index contributed by atoms with van der Waals surface area (Å²) in [5, 5.41) is 46.1. The predicted octanol–water partition coefficient (Wildman–Crippen LogP) is 24.0. The van der Waals surface area contributed by atoms with Crippen molar-refractivity contribution in [3.63, 3.8) is 0 Å². The number of hydrogen-bond acceptors (Lipinski definition) is 19. The zero-order valence-electron chi connectivity index (χ0n) is 76.0. The number of nitrogens with zero attached hydrogens (tertiary/aromatic N) is 8. The van der Waals surface area contributed by atoms with Gasteiger partial charge in [-0.3, -0.25) is 44.9 Å². The minimum atomic E-state index is -4.52. The molecule has 0 aliphatic carbocycles. The molecule has 27 nitrogen and oxygen atoms in total. The fraction of sp³-hybridized carbons (Fsp3) is 0.474. The van der Waals surface area contributed by atoms with E-state index in [1.807, 2.05) is 110 Å². The molecule has 0 spiro atoms. The van der Waals surface area contributed by atoms with Crippen LogP contribution in [0.4, 0.5) is 35.9 Å². The number of fused-ring (bicyclic) bond motifs is 3. The van der Waals surface area contributed by atoms with Gasteiger partial charge in [0.2, 0.25) is 18.1 Å². The van der Waals surface area contributed by atoms with E-state index >= 15 is 0 Å². The zero-order valence-corrected chi connectivity index (χ0v) is 78.3. The molecule has 1 aliphatic heterocycles. The Bertz CT molecular complexity index is 5200. The summed E-state index contributed by atoms with van der Waals surface area (Å²) in [5.74, 6) is -0.0269. The number of halogens is 6. The highest BCUT2D eigenvalue weighted by molar-refractivity contribution is 6.36. The van der Waals surface area contributed by atoms with E-state index in [4.69, 9.17) is 62.9 Å². The van der Waals surface area contributed by atoms with Gasteiger partial charge < -0.3 is 43.7 Å². The lowest BCUT2D eigenvalue weighted by Gasteiger charge is -2.37. The topological polar surface area (TPSA) is 335 Å². The van der Waals surface area contributed by atoms with Gasteiger partial charge in [-0.2, -0.15) is 17.9 Å². The minimum Gasteiger partial charge on any atom is -0.489 e. The Morgan fingerprint density at radius 1 is 0.688 bits per heavy atom. The Labute approximate surface area is 761 Å². The molecule has 6 heterocycles. The third-order valence-corrected chi connectivity index (χ3v) is 21.8. The largest absolute Gasteiger partial charge is 0.489 e. The summed E-state index contributed by atoms with van der Waals surface area (Å²) in [4.78, 5) is 87.0. The smallest absolute Gasteiger partial charge is 0.442 e. The molecule has 0 saturated carbocycles. The number of pyridine rings is 3. The van der Waals surface area contributed by atoms with Crippen molar-refractivity contribution < 1.29 is 79.6 Å². The van der Waals surface area contributed by atoms with E-state index in [0.29, 0.717) is 52.7 Å². The highest BCUT2D eigenvalue weighted by Crippen LogP contribution is 2.43. The number of unbranched alkanes of at least 4 members (excludes halogenated alkanes) is 11. The van der Waals surface area contributed by atoms with E-state index in [0.717, 1.165) is 79.8 Å². The predicted molar refractivity (Wildman–Crippen MR) is 493 cm³/mol. The lowest BCUT2D eigenvalue weighted by atomic mass is 9.86. The number of cyclic esters (lactones) is 1. The van der Waals surface area contributed by atoms with Crippen LogP contribution in [0.1, 0.15) is 228 Å². The van der Waals surface area contributed by atoms with Crippen molar-refractivity contribution in [1.29, 1.82) is 0 Å². The van der Waals surface area contributed by atoms with Crippen molar-refractivity contribution >= 4 is 97.7 Å². The number of esters is 2. The van der Waals surface area contributed by atoms with Crippen molar-refractivity contribution in [3.05, 3.63) is 225 Å².